The van der Waals surface area contributed by atoms with Crippen LogP contribution in [-0.2, 0) is 30.5 Å². The van der Waals surface area contributed by atoms with E-state index in [-0.39, 0.29) is 49.5 Å². The van der Waals surface area contributed by atoms with Crippen LogP contribution in [0.3, 0.4) is 0 Å². The van der Waals surface area contributed by atoms with Gasteiger partial charge in [-0.15, -0.1) is 0 Å². The normalized spacial score (nSPS) is 15.5. The van der Waals surface area contributed by atoms with Gasteiger partial charge in [0.25, 0.3) is 5.91 Å². The fraction of sp³-hybridized carbons (Fsp3) is 0.360. The second-order valence-electron chi connectivity index (χ2n) is 8.52. The molecule has 0 bridgehead atoms. The smallest absolute Gasteiger partial charge is 0.416 e. The third kappa shape index (κ3) is 5.47. The van der Waals surface area contributed by atoms with Gasteiger partial charge in [0.2, 0.25) is 12.7 Å². The number of benzene rings is 2. The van der Waals surface area contributed by atoms with Crippen LogP contribution < -0.4 is 9.47 Å². The van der Waals surface area contributed by atoms with Gasteiger partial charge >= 0.3 is 6.18 Å². The molecule has 0 saturated carbocycles. The van der Waals surface area contributed by atoms with Crippen molar-refractivity contribution in [2.24, 2.45) is 0 Å². The zero-order valence-electron chi connectivity index (χ0n) is 19.3. The first-order chi connectivity index (χ1) is 17.4. The van der Waals surface area contributed by atoms with Crippen LogP contribution in [0.1, 0.15) is 33.1 Å². The minimum Gasteiger partial charge on any atom is -0.454 e. The van der Waals surface area contributed by atoms with Crippen LogP contribution in [0.25, 0.3) is 0 Å². The molecule has 0 unspecified atom stereocenters. The largest absolute Gasteiger partial charge is 0.454 e. The average Bonchev–Trinajstić information content (AvgIpc) is 3.53. The quantitative estimate of drug-likeness (QED) is 0.481. The highest BCUT2D eigenvalue weighted by Gasteiger charge is 2.33. The first kappa shape index (κ1) is 24.1. The number of ether oxygens (including phenoxy) is 3. The van der Waals surface area contributed by atoms with Gasteiger partial charge in [-0.2, -0.15) is 13.2 Å². The highest BCUT2D eigenvalue weighted by atomic mass is 19.4. The predicted octanol–water partition coefficient (Wildman–Crippen LogP) is 4.10. The number of carbonyl (C=O) groups excluding carboxylic acids is 1. The molecule has 3 aromatic rings. The number of nitrogens with zero attached hydrogens (tertiary/aromatic N) is 3. The van der Waals surface area contributed by atoms with Crippen molar-refractivity contribution in [2.75, 3.05) is 33.1 Å². The van der Waals surface area contributed by atoms with E-state index >= 15 is 0 Å². The SMILES string of the molecule is O=C(c1coc(CN(Cc2ccc3c(c2)OCO3)Cc2ccccc2C(F)(F)F)n1)N1CCOCC1. The van der Waals surface area contributed by atoms with Crippen molar-refractivity contribution in [1.29, 1.82) is 0 Å². The summed E-state index contributed by atoms with van der Waals surface area (Å²) in [6.07, 6.45) is -3.20. The Kier molecular flexibility index (Phi) is 6.84. The number of amides is 1. The molecule has 0 N–H and O–H groups in total. The Labute approximate surface area is 205 Å². The third-order valence-electron chi connectivity index (χ3n) is 5.99. The molecule has 1 aromatic heterocycles. The topological polar surface area (TPSA) is 77.3 Å². The van der Waals surface area contributed by atoms with Crippen LogP contribution in [0, 0.1) is 0 Å². The second kappa shape index (κ2) is 10.2. The van der Waals surface area contributed by atoms with Gasteiger partial charge in [0, 0.05) is 26.2 Å². The first-order valence-electron chi connectivity index (χ1n) is 11.4. The lowest BCUT2D eigenvalue weighted by molar-refractivity contribution is -0.138. The molecule has 11 heteroatoms. The Balaban J connectivity index is 1.38. The molecule has 0 radical (unpaired) electrons. The van der Waals surface area contributed by atoms with Crippen molar-refractivity contribution >= 4 is 5.91 Å². The lowest BCUT2D eigenvalue weighted by Gasteiger charge is -2.25. The molecule has 190 valence electrons. The maximum atomic E-state index is 13.6. The van der Waals surface area contributed by atoms with Crippen LogP contribution in [0.5, 0.6) is 11.5 Å². The zero-order chi connectivity index (χ0) is 25.1. The molecule has 2 aromatic carbocycles. The van der Waals surface area contributed by atoms with Gasteiger partial charge in [0.15, 0.2) is 17.2 Å². The number of oxazole rings is 1. The van der Waals surface area contributed by atoms with Crippen LogP contribution in [-0.4, -0.2) is 53.8 Å². The van der Waals surface area contributed by atoms with Crippen LogP contribution in [0.2, 0.25) is 0 Å². The minimum atomic E-state index is -4.48. The Hall–Kier alpha value is -3.57. The molecule has 1 amide bonds. The second-order valence-corrected chi connectivity index (χ2v) is 8.52. The monoisotopic (exact) mass is 503 g/mol. The summed E-state index contributed by atoms with van der Waals surface area (Å²) in [5.41, 5.74) is 0.406. The van der Waals surface area contributed by atoms with Gasteiger partial charge in [0.1, 0.15) is 6.26 Å². The van der Waals surface area contributed by atoms with Gasteiger partial charge in [-0.05, 0) is 29.3 Å². The lowest BCUT2D eigenvalue weighted by atomic mass is 10.1. The summed E-state index contributed by atoms with van der Waals surface area (Å²) in [5, 5.41) is 0. The van der Waals surface area contributed by atoms with E-state index in [2.05, 4.69) is 4.98 Å². The zero-order valence-corrected chi connectivity index (χ0v) is 19.3. The summed E-state index contributed by atoms with van der Waals surface area (Å²) < 4.78 is 62.5. The first-order valence-corrected chi connectivity index (χ1v) is 11.4. The van der Waals surface area contributed by atoms with Crippen molar-refractivity contribution in [2.45, 2.75) is 25.8 Å². The number of hydrogen-bond donors (Lipinski definition) is 0. The molecule has 0 atom stereocenters. The number of fused-ring (bicyclic) bond motifs is 1. The molecule has 0 aliphatic carbocycles. The highest BCUT2D eigenvalue weighted by molar-refractivity contribution is 5.92. The fourth-order valence-corrected chi connectivity index (χ4v) is 4.24. The molecule has 36 heavy (non-hydrogen) atoms. The van der Waals surface area contributed by atoms with Crippen molar-refractivity contribution in [3.8, 4) is 11.5 Å². The van der Waals surface area contributed by atoms with Crippen molar-refractivity contribution < 1.29 is 36.6 Å². The van der Waals surface area contributed by atoms with E-state index in [9.17, 15) is 18.0 Å². The summed E-state index contributed by atoms with van der Waals surface area (Å²) in [6.45, 7) is 2.33. The number of aromatic nitrogens is 1. The third-order valence-corrected chi connectivity index (χ3v) is 5.99. The van der Waals surface area contributed by atoms with E-state index in [0.29, 0.717) is 37.8 Å². The van der Waals surface area contributed by atoms with Crippen LogP contribution in [0.4, 0.5) is 13.2 Å². The standard InChI is InChI=1S/C25H24F3N3O5/c26-25(27,28)19-4-2-1-3-18(19)13-30(12-17-5-6-21-22(11-17)36-16-35-21)14-23-29-20(15-34-23)24(32)31-7-9-33-10-8-31/h1-6,11,15H,7-10,12-14,16H2. The van der Waals surface area contributed by atoms with Gasteiger partial charge in [-0.3, -0.25) is 9.69 Å². The number of alkyl halides is 3. The number of carbonyl (C=O) groups is 1. The number of morpholine rings is 1. The maximum Gasteiger partial charge on any atom is 0.416 e. The Morgan fingerprint density at radius 1 is 1.00 bits per heavy atom. The molecule has 0 spiro atoms. The number of halogens is 3. The van der Waals surface area contributed by atoms with E-state index < -0.39 is 11.7 Å². The van der Waals surface area contributed by atoms with Crippen molar-refractivity contribution in [3.63, 3.8) is 0 Å². The van der Waals surface area contributed by atoms with Crippen LogP contribution in [0.15, 0.2) is 53.1 Å². The Morgan fingerprint density at radius 2 is 1.78 bits per heavy atom. The Morgan fingerprint density at radius 3 is 2.58 bits per heavy atom. The molecule has 2 aliphatic heterocycles. The summed E-state index contributed by atoms with van der Waals surface area (Å²) in [6, 6.07) is 10.9. The summed E-state index contributed by atoms with van der Waals surface area (Å²) >= 11 is 0. The highest BCUT2D eigenvalue weighted by Crippen LogP contribution is 2.34. The van der Waals surface area contributed by atoms with Gasteiger partial charge in [-0.1, -0.05) is 24.3 Å². The lowest BCUT2D eigenvalue weighted by Crippen LogP contribution is -2.40. The van der Waals surface area contributed by atoms with E-state index in [0.717, 1.165) is 11.6 Å². The van der Waals surface area contributed by atoms with Crippen LogP contribution >= 0.6 is 0 Å². The van der Waals surface area contributed by atoms with Crippen molar-refractivity contribution in [1.82, 2.24) is 14.8 Å². The average molecular weight is 503 g/mol. The summed E-state index contributed by atoms with van der Waals surface area (Å²) in [4.78, 5) is 20.5. The number of hydrogen-bond acceptors (Lipinski definition) is 7. The summed E-state index contributed by atoms with van der Waals surface area (Å²) in [7, 11) is 0. The van der Waals surface area contributed by atoms with Gasteiger partial charge in [-0.25, -0.2) is 4.98 Å². The molecule has 3 heterocycles. The van der Waals surface area contributed by atoms with E-state index in [1.807, 2.05) is 6.07 Å². The van der Waals surface area contributed by atoms with Gasteiger partial charge in [0.05, 0.1) is 25.3 Å². The molecule has 1 fully saturated rings. The van der Waals surface area contributed by atoms with E-state index in [1.54, 1.807) is 28.0 Å². The molecule has 8 nitrogen and oxygen atoms in total. The fourth-order valence-electron chi connectivity index (χ4n) is 4.24. The van der Waals surface area contributed by atoms with Gasteiger partial charge < -0.3 is 23.5 Å². The number of rotatable bonds is 7. The minimum absolute atomic E-state index is 0.0146. The molecular formula is C25H24F3N3O5. The molecule has 1 saturated heterocycles. The summed E-state index contributed by atoms with van der Waals surface area (Å²) in [5.74, 6) is 1.17. The maximum absolute atomic E-state index is 13.6. The predicted molar refractivity (Wildman–Crippen MR) is 120 cm³/mol. The van der Waals surface area contributed by atoms with E-state index in [4.69, 9.17) is 18.6 Å². The van der Waals surface area contributed by atoms with E-state index in [1.165, 1.54) is 18.4 Å². The molecule has 5 rings (SSSR count). The molecule has 2 aliphatic rings. The van der Waals surface area contributed by atoms with Crippen molar-refractivity contribution in [3.05, 3.63) is 77.0 Å². The molecular weight excluding hydrogens is 479 g/mol. The Bertz CT molecular complexity index is 1220.